The molecule has 2 aromatic rings. The second-order valence-electron chi connectivity index (χ2n) is 8.50. The highest BCUT2D eigenvalue weighted by Gasteiger charge is 2.23. The van der Waals surface area contributed by atoms with Gasteiger partial charge >= 0.3 is 0 Å². The number of aromatic nitrogens is 2. The van der Waals surface area contributed by atoms with Crippen LogP contribution in [0.2, 0.25) is 0 Å². The molecule has 2 rings (SSSR count). The number of anilines is 1. The molecule has 0 saturated carbocycles. The monoisotopic (exact) mass is 498 g/mol. The second-order valence-corrected chi connectivity index (χ2v) is 9.48. The quantitative estimate of drug-likeness (QED) is 0.294. The van der Waals surface area contributed by atoms with Crippen molar-refractivity contribution in [2.75, 3.05) is 24.2 Å². The molecule has 9 nitrogen and oxygen atoms in total. The van der Waals surface area contributed by atoms with Crippen LogP contribution >= 0.6 is 11.8 Å². The van der Waals surface area contributed by atoms with E-state index < -0.39 is 17.5 Å². The Bertz CT molecular complexity index is 1110. The first-order valence-corrected chi connectivity index (χ1v) is 12.7. The smallest absolute Gasteiger partial charge is 0.294 e. The van der Waals surface area contributed by atoms with Crippen LogP contribution in [0.3, 0.4) is 0 Å². The zero-order valence-electron chi connectivity index (χ0n) is 20.7. The lowest BCUT2D eigenvalue weighted by Gasteiger charge is -2.20. The molecule has 0 aliphatic heterocycles. The Morgan fingerprint density at radius 3 is 2.43 bits per heavy atom. The number of thioether (sulfide) groups is 1. The van der Waals surface area contributed by atoms with Crippen molar-refractivity contribution in [3.8, 4) is 0 Å². The molecule has 0 bridgehead atoms. The number of benzene rings is 1. The molecular weight excluding hydrogens is 464 g/mol. The van der Waals surface area contributed by atoms with E-state index in [-0.39, 0.29) is 47.8 Å². The molecule has 0 aliphatic carbocycles. The van der Waals surface area contributed by atoms with Crippen LogP contribution in [-0.2, 0) is 15.3 Å². The van der Waals surface area contributed by atoms with Crippen molar-refractivity contribution in [3.05, 3.63) is 58.1 Å². The average molecular weight is 499 g/mol. The SMILES string of the molecule is CCC(C(=O)NCC(=O)CSCc1ccccc1)n1cc(C(C)C)nc(NCC(=N)C(C)=N)c1=O. The lowest BCUT2D eigenvalue weighted by molar-refractivity contribution is -0.127. The van der Waals surface area contributed by atoms with Crippen molar-refractivity contribution < 1.29 is 9.59 Å². The molecule has 1 aromatic heterocycles. The lowest BCUT2D eigenvalue weighted by Crippen LogP contribution is -2.40. The van der Waals surface area contributed by atoms with Gasteiger partial charge < -0.3 is 21.5 Å². The Kier molecular flexibility index (Phi) is 10.8. The van der Waals surface area contributed by atoms with Gasteiger partial charge in [0, 0.05) is 11.9 Å². The number of amides is 1. The number of nitrogens with one attached hydrogen (secondary N) is 4. The highest BCUT2D eigenvalue weighted by Crippen LogP contribution is 2.17. The van der Waals surface area contributed by atoms with Gasteiger partial charge in [-0.15, -0.1) is 11.8 Å². The van der Waals surface area contributed by atoms with E-state index in [1.807, 2.05) is 44.2 Å². The van der Waals surface area contributed by atoms with Crippen molar-refractivity contribution in [3.63, 3.8) is 0 Å². The maximum absolute atomic E-state index is 13.1. The first-order valence-electron chi connectivity index (χ1n) is 11.5. The summed E-state index contributed by atoms with van der Waals surface area (Å²) in [7, 11) is 0. The second kappa shape index (κ2) is 13.6. The molecule has 0 fully saturated rings. The molecule has 35 heavy (non-hydrogen) atoms. The first-order chi connectivity index (χ1) is 16.6. The van der Waals surface area contributed by atoms with Gasteiger partial charge in [0.2, 0.25) is 5.91 Å². The minimum absolute atomic E-state index is 0.00453. The van der Waals surface area contributed by atoms with Gasteiger partial charge in [-0.05, 0) is 24.8 Å². The fourth-order valence-electron chi connectivity index (χ4n) is 3.18. The summed E-state index contributed by atoms with van der Waals surface area (Å²) in [5.41, 5.74) is 1.39. The van der Waals surface area contributed by atoms with Crippen LogP contribution in [0.4, 0.5) is 5.82 Å². The minimum Gasteiger partial charge on any atom is -0.360 e. The predicted octanol–water partition coefficient (Wildman–Crippen LogP) is 3.41. The maximum Gasteiger partial charge on any atom is 0.294 e. The Morgan fingerprint density at radius 2 is 1.83 bits per heavy atom. The highest BCUT2D eigenvalue weighted by atomic mass is 32.2. The number of nitrogens with zero attached hydrogens (tertiary/aromatic N) is 2. The molecule has 10 heteroatoms. The van der Waals surface area contributed by atoms with E-state index in [1.54, 1.807) is 13.1 Å². The zero-order valence-corrected chi connectivity index (χ0v) is 21.5. The molecule has 0 radical (unpaired) electrons. The first kappa shape index (κ1) is 28.0. The summed E-state index contributed by atoms with van der Waals surface area (Å²) in [6.07, 6.45) is 1.93. The number of Topliss-reactive ketones (excluding diaryl/α,β-unsaturated/α-hetero) is 1. The number of carbonyl (C=O) groups excluding carboxylic acids is 2. The van der Waals surface area contributed by atoms with E-state index >= 15 is 0 Å². The van der Waals surface area contributed by atoms with E-state index in [2.05, 4.69) is 15.6 Å². The van der Waals surface area contributed by atoms with Gasteiger partial charge in [0.1, 0.15) is 6.04 Å². The van der Waals surface area contributed by atoms with Crippen molar-refractivity contribution in [1.29, 1.82) is 10.8 Å². The summed E-state index contributed by atoms with van der Waals surface area (Å²) in [4.78, 5) is 42.7. The van der Waals surface area contributed by atoms with Crippen molar-refractivity contribution in [1.82, 2.24) is 14.9 Å². The van der Waals surface area contributed by atoms with Crippen LogP contribution < -0.4 is 16.2 Å². The van der Waals surface area contributed by atoms with Crippen LogP contribution in [0.15, 0.2) is 41.3 Å². The predicted molar refractivity (Wildman–Crippen MR) is 142 cm³/mol. The van der Waals surface area contributed by atoms with Crippen LogP contribution in [0.5, 0.6) is 0 Å². The molecule has 1 unspecified atom stereocenters. The Morgan fingerprint density at radius 1 is 1.14 bits per heavy atom. The van der Waals surface area contributed by atoms with Gasteiger partial charge in [0.15, 0.2) is 11.6 Å². The lowest BCUT2D eigenvalue weighted by atomic mass is 10.1. The highest BCUT2D eigenvalue weighted by molar-refractivity contribution is 7.99. The third-order valence-electron chi connectivity index (χ3n) is 5.29. The van der Waals surface area contributed by atoms with E-state index in [4.69, 9.17) is 10.8 Å². The van der Waals surface area contributed by atoms with Crippen LogP contribution in [0, 0.1) is 10.8 Å². The van der Waals surface area contributed by atoms with Gasteiger partial charge in [-0.3, -0.25) is 19.0 Å². The number of ketones is 1. The van der Waals surface area contributed by atoms with E-state index in [1.165, 1.54) is 23.3 Å². The van der Waals surface area contributed by atoms with E-state index in [0.717, 1.165) is 5.56 Å². The molecule has 4 N–H and O–H groups in total. The van der Waals surface area contributed by atoms with Crippen molar-refractivity contribution in [2.24, 2.45) is 0 Å². The molecule has 0 saturated heterocycles. The summed E-state index contributed by atoms with van der Waals surface area (Å²) >= 11 is 1.49. The van der Waals surface area contributed by atoms with Gasteiger partial charge in [0.05, 0.1) is 36.0 Å². The summed E-state index contributed by atoms with van der Waals surface area (Å²) in [6, 6.07) is 9.04. The number of rotatable bonds is 14. The van der Waals surface area contributed by atoms with Gasteiger partial charge in [-0.25, -0.2) is 4.98 Å². The average Bonchev–Trinajstić information content (AvgIpc) is 2.83. The standard InChI is InChI=1S/C25H34N6O3S/c1-5-22(24(33)29-11-19(32)15-35-14-18-9-7-6-8-10-18)31-13-21(16(2)3)30-23(25(31)34)28-12-20(27)17(4)26/h6-10,13,16,22,26-27H,5,11-12,14-15H2,1-4H3,(H,28,30)(H,29,33). The number of carbonyl (C=O) groups is 2. The molecule has 1 heterocycles. The van der Waals surface area contributed by atoms with Gasteiger partial charge in [-0.2, -0.15) is 0 Å². The molecular formula is C25H34N6O3S. The maximum atomic E-state index is 13.1. The molecule has 0 aliphatic rings. The molecule has 1 amide bonds. The Hall–Kier alpha value is -3.27. The summed E-state index contributed by atoms with van der Waals surface area (Å²) < 4.78 is 1.34. The third-order valence-corrected chi connectivity index (χ3v) is 6.35. The van der Waals surface area contributed by atoms with Crippen LogP contribution in [0.1, 0.15) is 57.3 Å². The normalized spacial score (nSPS) is 11.7. The van der Waals surface area contributed by atoms with Gasteiger partial charge in [-0.1, -0.05) is 51.1 Å². The summed E-state index contributed by atoms with van der Waals surface area (Å²) in [6.45, 7) is 7.03. The topological polar surface area (TPSA) is 141 Å². The summed E-state index contributed by atoms with van der Waals surface area (Å²) in [5.74, 6) is 0.517. The van der Waals surface area contributed by atoms with Crippen molar-refractivity contribution >= 4 is 40.7 Å². The zero-order chi connectivity index (χ0) is 26.0. The van der Waals surface area contributed by atoms with Crippen molar-refractivity contribution in [2.45, 2.75) is 51.8 Å². The molecule has 1 atom stereocenters. The largest absolute Gasteiger partial charge is 0.360 e. The third kappa shape index (κ3) is 8.47. The molecule has 0 spiro atoms. The number of hydrogen-bond acceptors (Lipinski definition) is 8. The Labute approximate surface area is 210 Å². The fraction of sp³-hybridized carbons (Fsp3) is 0.440. The van der Waals surface area contributed by atoms with E-state index in [0.29, 0.717) is 17.9 Å². The summed E-state index contributed by atoms with van der Waals surface area (Å²) in [5, 5.41) is 20.9. The van der Waals surface area contributed by atoms with Gasteiger partial charge in [0.25, 0.3) is 5.56 Å². The van der Waals surface area contributed by atoms with Crippen LogP contribution in [0.25, 0.3) is 0 Å². The number of hydrogen-bond donors (Lipinski definition) is 4. The van der Waals surface area contributed by atoms with Crippen LogP contribution in [-0.4, -0.2) is 51.5 Å². The van der Waals surface area contributed by atoms with E-state index in [9.17, 15) is 14.4 Å². The Balaban J connectivity index is 2.08. The molecule has 188 valence electrons. The molecule has 1 aromatic carbocycles. The fourth-order valence-corrected chi connectivity index (χ4v) is 4.04. The minimum atomic E-state index is -0.808.